The van der Waals surface area contributed by atoms with Crippen LogP contribution in [-0.4, -0.2) is 47.8 Å². The molecule has 4 rings (SSSR count). The molecular formula is C21H24N4O2. The normalized spacial score (nSPS) is 15.8. The van der Waals surface area contributed by atoms with Crippen molar-refractivity contribution in [3.63, 3.8) is 0 Å². The first-order valence-electron chi connectivity index (χ1n) is 9.25. The Balaban J connectivity index is 1.54. The minimum atomic E-state index is -0.142. The highest BCUT2D eigenvalue weighted by Gasteiger charge is 2.19. The maximum Gasteiger partial charge on any atom is 0.256 e. The Labute approximate surface area is 158 Å². The van der Waals surface area contributed by atoms with Gasteiger partial charge in [0.1, 0.15) is 5.75 Å². The Kier molecular flexibility index (Phi) is 4.81. The van der Waals surface area contributed by atoms with Crippen LogP contribution in [0.1, 0.15) is 29.2 Å². The summed E-state index contributed by atoms with van der Waals surface area (Å²) in [6.45, 7) is 2.15. The molecule has 1 N–H and O–H groups in total. The molecule has 1 aliphatic heterocycles. The molecule has 2 heterocycles. The average molecular weight is 364 g/mol. The fourth-order valence-corrected chi connectivity index (χ4v) is 3.71. The van der Waals surface area contributed by atoms with Crippen molar-refractivity contribution in [1.82, 2.24) is 14.7 Å². The predicted molar refractivity (Wildman–Crippen MR) is 106 cm³/mol. The number of nitrogens with zero attached hydrogens (tertiary/aromatic N) is 3. The number of likely N-dealkylation sites (tertiary alicyclic amines) is 1. The predicted octanol–water partition coefficient (Wildman–Crippen LogP) is 3.56. The number of rotatable bonds is 4. The monoisotopic (exact) mass is 364 g/mol. The maximum absolute atomic E-state index is 12.9. The number of hydrogen-bond acceptors (Lipinski definition) is 4. The highest BCUT2D eigenvalue weighted by atomic mass is 16.5. The highest BCUT2D eigenvalue weighted by Crippen LogP contribution is 2.29. The van der Waals surface area contributed by atoms with Crippen molar-refractivity contribution >= 4 is 22.4 Å². The second-order valence-electron chi connectivity index (χ2n) is 7.06. The number of amides is 1. The van der Waals surface area contributed by atoms with Gasteiger partial charge < -0.3 is 15.0 Å². The van der Waals surface area contributed by atoms with Gasteiger partial charge in [-0.1, -0.05) is 24.3 Å². The summed E-state index contributed by atoms with van der Waals surface area (Å²) in [5, 5.41) is 9.25. The Morgan fingerprint density at radius 3 is 2.63 bits per heavy atom. The summed E-state index contributed by atoms with van der Waals surface area (Å²) >= 11 is 0. The van der Waals surface area contributed by atoms with Crippen molar-refractivity contribution in [1.29, 1.82) is 0 Å². The zero-order valence-corrected chi connectivity index (χ0v) is 15.7. The Morgan fingerprint density at radius 1 is 1.15 bits per heavy atom. The maximum atomic E-state index is 12.9. The molecule has 6 heteroatoms. The number of benzene rings is 2. The summed E-state index contributed by atoms with van der Waals surface area (Å²) in [5.74, 6) is 0.619. The van der Waals surface area contributed by atoms with E-state index in [1.54, 1.807) is 19.4 Å². The number of nitrogens with one attached hydrogen (secondary N) is 1. The van der Waals surface area contributed by atoms with Gasteiger partial charge in [-0.2, -0.15) is 5.10 Å². The van der Waals surface area contributed by atoms with Crippen molar-refractivity contribution in [2.45, 2.75) is 18.9 Å². The van der Waals surface area contributed by atoms with Crippen molar-refractivity contribution < 1.29 is 9.53 Å². The second kappa shape index (κ2) is 7.40. The van der Waals surface area contributed by atoms with E-state index in [4.69, 9.17) is 4.74 Å². The molecular weight excluding hydrogens is 340 g/mol. The van der Waals surface area contributed by atoms with E-state index in [0.29, 0.717) is 11.6 Å². The molecule has 27 heavy (non-hydrogen) atoms. The van der Waals surface area contributed by atoms with Gasteiger partial charge in [0.2, 0.25) is 0 Å². The van der Waals surface area contributed by atoms with Gasteiger partial charge in [0.15, 0.2) is 0 Å². The number of carbonyl (C=O) groups excluding carboxylic acids is 1. The fourth-order valence-electron chi connectivity index (χ4n) is 3.71. The summed E-state index contributed by atoms with van der Waals surface area (Å²) < 4.78 is 7.39. The lowest BCUT2D eigenvalue weighted by molar-refractivity contribution is 0.102. The van der Waals surface area contributed by atoms with Crippen molar-refractivity contribution in [3.8, 4) is 5.75 Å². The Hall–Kier alpha value is -2.86. The molecule has 0 unspecified atom stereocenters. The summed E-state index contributed by atoms with van der Waals surface area (Å²) in [4.78, 5) is 15.2. The topological polar surface area (TPSA) is 59.4 Å². The van der Waals surface area contributed by atoms with Gasteiger partial charge in [0, 0.05) is 17.1 Å². The Morgan fingerprint density at radius 2 is 1.89 bits per heavy atom. The first-order chi connectivity index (χ1) is 13.2. The first-order valence-corrected chi connectivity index (χ1v) is 9.25. The van der Waals surface area contributed by atoms with Gasteiger partial charge in [0.05, 0.1) is 25.0 Å². The van der Waals surface area contributed by atoms with Crippen LogP contribution in [0.5, 0.6) is 5.75 Å². The van der Waals surface area contributed by atoms with Crippen LogP contribution in [0.15, 0.2) is 48.8 Å². The lowest BCUT2D eigenvalue weighted by Gasteiger charge is -2.28. The summed E-state index contributed by atoms with van der Waals surface area (Å²) in [6, 6.07) is 11.8. The largest absolute Gasteiger partial charge is 0.496 e. The molecule has 1 aromatic heterocycles. The molecule has 1 aliphatic rings. The summed E-state index contributed by atoms with van der Waals surface area (Å²) in [6.07, 6.45) is 5.81. The van der Waals surface area contributed by atoms with Gasteiger partial charge in [-0.25, -0.2) is 0 Å². The molecule has 0 radical (unpaired) electrons. The van der Waals surface area contributed by atoms with Crippen LogP contribution in [0.3, 0.4) is 0 Å². The standard InChI is InChI=1S/C21H24N4O2/c1-24-11-9-16(10-12-24)25-14-15(13-22-25)23-21(26)19-7-8-20(27-2)18-6-4-3-5-17(18)19/h3-8,13-14,16H,9-12H2,1-2H3,(H,23,26). The Bertz CT molecular complexity index is 958. The molecule has 1 fully saturated rings. The van der Waals surface area contributed by atoms with Crippen LogP contribution < -0.4 is 10.1 Å². The van der Waals surface area contributed by atoms with E-state index >= 15 is 0 Å². The molecule has 0 atom stereocenters. The van der Waals surface area contributed by atoms with E-state index in [-0.39, 0.29) is 5.91 Å². The lowest BCUT2D eigenvalue weighted by atomic mass is 10.0. The number of ether oxygens (including phenoxy) is 1. The zero-order valence-electron chi connectivity index (χ0n) is 15.7. The molecule has 0 spiro atoms. The number of carbonyl (C=O) groups is 1. The minimum absolute atomic E-state index is 0.142. The van der Waals surface area contributed by atoms with E-state index in [1.165, 1.54) is 0 Å². The SMILES string of the molecule is COc1ccc(C(=O)Nc2cnn(C3CCN(C)CC3)c2)c2ccccc12. The minimum Gasteiger partial charge on any atom is -0.496 e. The van der Waals surface area contributed by atoms with Crippen LogP contribution >= 0.6 is 0 Å². The van der Waals surface area contributed by atoms with Gasteiger partial charge >= 0.3 is 0 Å². The number of aromatic nitrogens is 2. The third kappa shape index (κ3) is 3.53. The van der Waals surface area contributed by atoms with Gasteiger partial charge in [0.25, 0.3) is 5.91 Å². The van der Waals surface area contributed by atoms with Crippen LogP contribution in [-0.2, 0) is 0 Å². The van der Waals surface area contributed by atoms with Gasteiger partial charge in [-0.15, -0.1) is 0 Å². The van der Waals surface area contributed by atoms with Crippen molar-refractivity contribution in [2.75, 3.05) is 32.6 Å². The molecule has 1 amide bonds. The van der Waals surface area contributed by atoms with Crippen LogP contribution in [0.4, 0.5) is 5.69 Å². The van der Waals surface area contributed by atoms with E-state index in [1.807, 2.05) is 41.2 Å². The summed E-state index contributed by atoms with van der Waals surface area (Å²) in [7, 11) is 3.78. The molecule has 2 aromatic carbocycles. The number of fused-ring (bicyclic) bond motifs is 1. The number of anilines is 1. The second-order valence-corrected chi connectivity index (χ2v) is 7.06. The van der Waals surface area contributed by atoms with E-state index in [9.17, 15) is 4.79 Å². The average Bonchev–Trinajstić information content (AvgIpc) is 3.16. The molecule has 3 aromatic rings. The molecule has 0 saturated carbocycles. The zero-order chi connectivity index (χ0) is 18.8. The van der Waals surface area contributed by atoms with E-state index in [2.05, 4.69) is 22.4 Å². The fraction of sp³-hybridized carbons (Fsp3) is 0.333. The molecule has 0 bridgehead atoms. The third-order valence-electron chi connectivity index (χ3n) is 5.27. The molecule has 0 aliphatic carbocycles. The highest BCUT2D eigenvalue weighted by molar-refractivity contribution is 6.13. The van der Waals surface area contributed by atoms with Gasteiger partial charge in [-0.3, -0.25) is 9.48 Å². The lowest BCUT2D eigenvalue weighted by Crippen LogP contribution is -2.31. The summed E-state index contributed by atoms with van der Waals surface area (Å²) in [5.41, 5.74) is 1.34. The molecule has 1 saturated heterocycles. The quantitative estimate of drug-likeness (QED) is 0.769. The van der Waals surface area contributed by atoms with Gasteiger partial charge in [-0.05, 0) is 50.5 Å². The van der Waals surface area contributed by atoms with Crippen molar-refractivity contribution in [3.05, 3.63) is 54.4 Å². The van der Waals surface area contributed by atoms with E-state index in [0.717, 1.165) is 48.1 Å². The number of piperidine rings is 1. The molecule has 140 valence electrons. The number of methoxy groups -OCH3 is 1. The van der Waals surface area contributed by atoms with Crippen LogP contribution in [0.2, 0.25) is 0 Å². The van der Waals surface area contributed by atoms with Crippen LogP contribution in [0.25, 0.3) is 10.8 Å². The van der Waals surface area contributed by atoms with E-state index < -0.39 is 0 Å². The number of hydrogen-bond donors (Lipinski definition) is 1. The van der Waals surface area contributed by atoms with Crippen LogP contribution in [0, 0.1) is 0 Å². The third-order valence-corrected chi connectivity index (χ3v) is 5.27. The van der Waals surface area contributed by atoms with Crippen molar-refractivity contribution in [2.24, 2.45) is 0 Å². The smallest absolute Gasteiger partial charge is 0.256 e. The first kappa shape index (κ1) is 17.5. The molecule has 6 nitrogen and oxygen atoms in total.